The lowest BCUT2D eigenvalue weighted by Gasteiger charge is -2.33. The number of halogens is 3. The molecule has 2 aromatic rings. The molecule has 0 radical (unpaired) electrons. The Bertz CT molecular complexity index is 1250. The number of likely N-dealkylation sites (N-methyl/N-ethyl adjacent to an activating group) is 1. The number of anilines is 1. The van der Waals surface area contributed by atoms with Crippen LogP contribution in [0, 0.1) is 5.92 Å². The smallest absolute Gasteiger partial charge is 0.389 e. The molecule has 1 aromatic heterocycles. The first-order valence-electron chi connectivity index (χ1n) is 12.3. The van der Waals surface area contributed by atoms with Gasteiger partial charge in [-0.3, -0.25) is 9.59 Å². The van der Waals surface area contributed by atoms with Gasteiger partial charge in [0.05, 0.1) is 32.0 Å². The average molecular weight is 592 g/mol. The van der Waals surface area contributed by atoms with Gasteiger partial charge in [-0.05, 0) is 36.6 Å². The van der Waals surface area contributed by atoms with Gasteiger partial charge in [0, 0.05) is 37.2 Å². The van der Waals surface area contributed by atoms with E-state index in [9.17, 15) is 36.3 Å². The highest BCUT2D eigenvalue weighted by molar-refractivity contribution is 7.91. The number of carbonyl (C=O) groups excluding carboxylic acids is 2. The first kappa shape index (κ1) is 30.9. The molecule has 39 heavy (non-hydrogen) atoms. The number of carbonyl (C=O) groups is 2. The second-order valence-corrected chi connectivity index (χ2v) is 12.8. The van der Waals surface area contributed by atoms with Crippen LogP contribution >= 0.6 is 11.3 Å². The third-order valence-corrected chi connectivity index (χ3v) is 9.63. The van der Waals surface area contributed by atoms with Crippen molar-refractivity contribution in [1.82, 2.24) is 9.21 Å². The number of sulfonamides is 1. The maximum Gasteiger partial charge on any atom is 0.389 e. The Balaban J connectivity index is 1.91. The maximum atomic E-state index is 13.3. The summed E-state index contributed by atoms with van der Waals surface area (Å²) in [5.74, 6) is -1.22. The SMILES string of the molecule is C[C@H]1CN([C@@H](C)CO)C(=O)Cc2cc(NC(=O)CCC(F)(F)F)ccc2O[C@H]1CN(C)S(=O)(=O)c1cccs1. The van der Waals surface area contributed by atoms with Gasteiger partial charge in [-0.1, -0.05) is 13.0 Å². The lowest BCUT2D eigenvalue weighted by atomic mass is 10.0. The predicted molar refractivity (Wildman–Crippen MR) is 140 cm³/mol. The van der Waals surface area contributed by atoms with Gasteiger partial charge in [0.2, 0.25) is 11.8 Å². The minimum absolute atomic E-state index is 0.0354. The zero-order chi connectivity index (χ0) is 29.0. The number of aliphatic hydroxyl groups excluding tert-OH is 1. The van der Waals surface area contributed by atoms with Crippen LogP contribution in [0.25, 0.3) is 0 Å². The number of amides is 2. The van der Waals surface area contributed by atoms with Crippen LogP contribution in [0.5, 0.6) is 5.75 Å². The minimum Gasteiger partial charge on any atom is -0.488 e. The van der Waals surface area contributed by atoms with Crippen molar-refractivity contribution in [3.05, 3.63) is 41.3 Å². The molecule has 1 aromatic carbocycles. The van der Waals surface area contributed by atoms with E-state index in [1.807, 2.05) is 6.92 Å². The summed E-state index contributed by atoms with van der Waals surface area (Å²) in [5, 5.41) is 13.8. The predicted octanol–water partition coefficient (Wildman–Crippen LogP) is 3.50. The fourth-order valence-electron chi connectivity index (χ4n) is 4.12. The quantitative estimate of drug-likeness (QED) is 0.461. The minimum atomic E-state index is -4.47. The fourth-order valence-corrected chi connectivity index (χ4v) is 6.50. The van der Waals surface area contributed by atoms with E-state index in [1.165, 1.54) is 40.5 Å². The van der Waals surface area contributed by atoms with Gasteiger partial charge in [0.15, 0.2) is 0 Å². The van der Waals surface area contributed by atoms with Gasteiger partial charge in [-0.25, -0.2) is 8.42 Å². The molecule has 2 N–H and O–H groups in total. The van der Waals surface area contributed by atoms with Crippen LogP contribution < -0.4 is 10.1 Å². The molecular formula is C25H32F3N3O6S2. The monoisotopic (exact) mass is 591 g/mol. The summed E-state index contributed by atoms with van der Waals surface area (Å²) in [6.07, 6.45) is -7.34. The number of fused-ring (bicyclic) bond motifs is 1. The molecule has 0 fully saturated rings. The second-order valence-electron chi connectivity index (χ2n) is 9.59. The van der Waals surface area contributed by atoms with Gasteiger partial charge >= 0.3 is 6.18 Å². The standard InChI is InChI=1S/C25H32F3N3O6S2/c1-16-13-31(17(2)15-32)23(34)12-18-11-19(29-22(33)8-9-25(26,27)28)6-7-20(18)37-21(16)14-30(3)39(35,36)24-5-4-10-38-24/h4-7,10-11,16-17,21,32H,8-9,12-15H2,1-3H3,(H,29,33)/t16-,17-,21-/m0/s1. The van der Waals surface area contributed by atoms with Gasteiger partial charge in [-0.15, -0.1) is 11.3 Å². The van der Waals surface area contributed by atoms with Crippen LogP contribution in [0.3, 0.4) is 0 Å². The van der Waals surface area contributed by atoms with Crippen molar-refractivity contribution in [3.63, 3.8) is 0 Å². The summed E-state index contributed by atoms with van der Waals surface area (Å²) in [5.41, 5.74) is 0.562. The Kier molecular flexibility index (Phi) is 10.0. The Morgan fingerprint density at radius 3 is 2.67 bits per heavy atom. The van der Waals surface area contributed by atoms with Crippen molar-refractivity contribution < 1.29 is 41.0 Å². The molecule has 2 heterocycles. The number of nitrogens with zero attached hydrogens (tertiary/aromatic N) is 2. The van der Waals surface area contributed by atoms with E-state index in [4.69, 9.17) is 4.74 Å². The van der Waals surface area contributed by atoms with E-state index >= 15 is 0 Å². The lowest BCUT2D eigenvalue weighted by molar-refractivity contribution is -0.142. The largest absolute Gasteiger partial charge is 0.488 e. The van der Waals surface area contributed by atoms with E-state index < -0.39 is 47.1 Å². The number of hydrogen-bond donors (Lipinski definition) is 2. The number of rotatable bonds is 9. The molecule has 216 valence electrons. The van der Waals surface area contributed by atoms with Crippen molar-refractivity contribution in [2.75, 3.05) is 32.1 Å². The van der Waals surface area contributed by atoms with E-state index in [1.54, 1.807) is 18.4 Å². The Morgan fingerprint density at radius 1 is 1.33 bits per heavy atom. The molecule has 14 heteroatoms. The summed E-state index contributed by atoms with van der Waals surface area (Å²) in [6.45, 7) is 3.36. The highest BCUT2D eigenvalue weighted by Crippen LogP contribution is 2.30. The Labute approximate surface area is 229 Å². The van der Waals surface area contributed by atoms with Crippen LogP contribution in [0.1, 0.15) is 32.3 Å². The van der Waals surface area contributed by atoms with E-state index in [0.29, 0.717) is 5.56 Å². The number of alkyl halides is 3. The van der Waals surface area contributed by atoms with Crippen molar-refractivity contribution in [2.45, 2.75) is 55.6 Å². The third kappa shape index (κ3) is 8.16. The lowest BCUT2D eigenvalue weighted by Crippen LogP contribution is -2.48. The van der Waals surface area contributed by atoms with E-state index in [2.05, 4.69) is 5.32 Å². The number of aliphatic hydroxyl groups is 1. The van der Waals surface area contributed by atoms with Crippen LogP contribution in [0.4, 0.5) is 18.9 Å². The molecule has 9 nitrogen and oxygen atoms in total. The number of benzene rings is 1. The normalized spacial score (nSPS) is 19.5. The van der Waals surface area contributed by atoms with Crippen LogP contribution in [-0.4, -0.2) is 79.6 Å². The van der Waals surface area contributed by atoms with Gasteiger partial charge in [0.1, 0.15) is 16.1 Å². The summed E-state index contributed by atoms with van der Waals surface area (Å²) in [4.78, 5) is 26.8. The number of hydrogen-bond acceptors (Lipinski definition) is 7. The van der Waals surface area contributed by atoms with Crippen LogP contribution in [0.15, 0.2) is 39.9 Å². The molecule has 1 aliphatic rings. The number of ether oxygens (including phenoxy) is 1. The molecule has 0 unspecified atom stereocenters. The van der Waals surface area contributed by atoms with Crippen LogP contribution in [-0.2, 0) is 26.0 Å². The summed E-state index contributed by atoms with van der Waals surface area (Å²) >= 11 is 1.09. The number of nitrogens with one attached hydrogen (secondary N) is 1. The molecule has 1 aliphatic heterocycles. The fraction of sp³-hybridized carbons (Fsp3) is 0.520. The first-order chi connectivity index (χ1) is 18.2. The molecule has 2 amide bonds. The molecule has 0 spiro atoms. The van der Waals surface area contributed by atoms with E-state index in [0.717, 1.165) is 11.3 Å². The molecule has 3 atom stereocenters. The molecule has 0 saturated carbocycles. The maximum absolute atomic E-state index is 13.3. The highest BCUT2D eigenvalue weighted by atomic mass is 32.2. The first-order valence-corrected chi connectivity index (χ1v) is 14.6. The third-order valence-electron chi connectivity index (χ3n) is 6.43. The zero-order valence-corrected chi connectivity index (χ0v) is 23.4. The molecule has 0 bridgehead atoms. The molecule has 3 rings (SSSR count). The topological polar surface area (TPSA) is 116 Å². The van der Waals surface area contributed by atoms with E-state index in [-0.39, 0.29) is 53.6 Å². The zero-order valence-electron chi connectivity index (χ0n) is 21.8. The molecule has 0 aliphatic carbocycles. The van der Waals surface area contributed by atoms with Crippen molar-refractivity contribution in [1.29, 1.82) is 0 Å². The second kappa shape index (κ2) is 12.7. The van der Waals surface area contributed by atoms with Gasteiger partial charge < -0.3 is 20.1 Å². The summed E-state index contributed by atoms with van der Waals surface area (Å²) in [6, 6.07) is 7.03. The number of thiophene rings is 1. The van der Waals surface area contributed by atoms with Crippen LogP contribution in [0.2, 0.25) is 0 Å². The van der Waals surface area contributed by atoms with Gasteiger partial charge in [0.25, 0.3) is 10.0 Å². The Hall–Kier alpha value is -2.68. The van der Waals surface area contributed by atoms with Crippen molar-refractivity contribution >= 4 is 38.9 Å². The molecular weight excluding hydrogens is 559 g/mol. The summed E-state index contributed by atoms with van der Waals surface area (Å²) < 4.78 is 71.2. The highest BCUT2D eigenvalue weighted by Gasteiger charge is 2.34. The van der Waals surface area contributed by atoms with Crippen molar-refractivity contribution in [3.8, 4) is 5.75 Å². The van der Waals surface area contributed by atoms with Gasteiger partial charge in [-0.2, -0.15) is 17.5 Å². The van der Waals surface area contributed by atoms with Crippen molar-refractivity contribution in [2.24, 2.45) is 5.92 Å². The Morgan fingerprint density at radius 2 is 2.05 bits per heavy atom. The summed E-state index contributed by atoms with van der Waals surface area (Å²) in [7, 11) is -2.34. The average Bonchev–Trinajstić information content (AvgIpc) is 3.42. The molecule has 0 saturated heterocycles.